The van der Waals surface area contributed by atoms with Crippen molar-refractivity contribution in [3.63, 3.8) is 0 Å². The molecule has 24 heavy (non-hydrogen) atoms. The Morgan fingerprint density at radius 1 is 1.04 bits per heavy atom. The van der Waals surface area contributed by atoms with Gasteiger partial charge in [0.25, 0.3) is 11.8 Å². The van der Waals surface area contributed by atoms with Gasteiger partial charge < -0.3 is 14.3 Å². The lowest BCUT2D eigenvalue weighted by Gasteiger charge is -2.34. The van der Waals surface area contributed by atoms with Crippen LogP contribution in [0.15, 0.2) is 34.9 Å². The van der Waals surface area contributed by atoms with Crippen molar-refractivity contribution >= 4 is 11.8 Å². The summed E-state index contributed by atoms with van der Waals surface area (Å²) in [4.78, 5) is 28.4. The third kappa shape index (κ3) is 3.32. The fourth-order valence-electron chi connectivity index (χ4n) is 2.81. The summed E-state index contributed by atoms with van der Waals surface area (Å²) >= 11 is 0. The first-order valence-electron chi connectivity index (χ1n) is 8.19. The topological polar surface area (TPSA) is 66.7 Å². The molecule has 2 aromatic rings. The van der Waals surface area contributed by atoms with Crippen molar-refractivity contribution in [3.05, 3.63) is 52.9 Å². The Balaban J connectivity index is 1.59. The summed E-state index contributed by atoms with van der Waals surface area (Å²) in [6.45, 7) is 5.90. The number of aromatic nitrogens is 1. The lowest BCUT2D eigenvalue weighted by molar-refractivity contribution is 0.0530. The van der Waals surface area contributed by atoms with Crippen LogP contribution in [0, 0.1) is 6.92 Å². The Bertz CT molecular complexity index is 728. The van der Waals surface area contributed by atoms with Gasteiger partial charge in [0.15, 0.2) is 5.69 Å². The normalized spacial score (nSPS) is 14.8. The Labute approximate surface area is 141 Å². The molecule has 1 aromatic heterocycles. The van der Waals surface area contributed by atoms with Crippen molar-refractivity contribution in [1.29, 1.82) is 0 Å². The minimum atomic E-state index is -0.147. The van der Waals surface area contributed by atoms with E-state index in [1.54, 1.807) is 22.8 Å². The minimum absolute atomic E-state index is 0.0158. The van der Waals surface area contributed by atoms with E-state index in [0.717, 1.165) is 6.42 Å². The molecule has 0 spiro atoms. The molecule has 0 radical (unpaired) electrons. The lowest BCUT2D eigenvalue weighted by atomic mass is 10.1. The molecule has 2 amide bonds. The number of piperazine rings is 1. The summed E-state index contributed by atoms with van der Waals surface area (Å²) in [5.41, 5.74) is 2.23. The molecule has 2 heterocycles. The van der Waals surface area contributed by atoms with Gasteiger partial charge in [-0.2, -0.15) is 0 Å². The first-order valence-corrected chi connectivity index (χ1v) is 8.19. The number of hydrogen-bond acceptors (Lipinski definition) is 4. The molecule has 0 N–H and O–H groups in total. The third-order valence-corrected chi connectivity index (χ3v) is 4.31. The van der Waals surface area contributed by atoms with E-state index in [4.69, 9.17) is 4.52 Å². The zero-order valence-corrected chi connectivity index (χ0v) is 14.0. The number of amides is 2. The Kier molecular flexibility index (Phi) is 4.64. The van der Waals surface area contributed by atoms with Crippen molar-refractivity contribution in [3.8, 4) is 0 Å². The molecule has 0 saturated carbocycles. The molecule has 1 aliphatic heterocycles. The van der Waals surface area contributed by atoms with E-state index in [-0.39, 0.29) is 11.8 Å². The summed E-state index contributed by atoms with van der Waals surface area (Å²) in [6.07, 6.45) is 0.955. The van der Waals surface area contributed by atoms with Gasteiger partial charge in [-0.25, -0.2) is 0 Å². The highest BCUT2D eigenvalue weighted by Crippen LogP contribution is 2.13. The SMILES string of the molecule is CCc1ccc(C(=O)N2CCN(C(=O)c3cc(C)on3)CC2)cc1. The monoisotopic (exact) mass is 327 g/mol. The van der Waals surface area contributed by atoms with Crippen LogP contribution < -0.4 is 0 Å². The number of benzene rings is 1. The summed E-state index contributed by atoms with van der Waals surface area (Å²) in [5, 5.41) is 3.76. The Morgan fingerprint density at radius 3 is 2.12 bits per heavy atom. The van der Waals surface area contributed by atoms with Crippen LogP contribution in [-0.4, -0.2) is 52.9 Å². The summed E-state index contributed by atoms with van der Waals surface area (Å²) < 4.78 is 4.95. The number of rotatable bonds is 3. The van der Waals surface area contributed by atoms with Gasteiger partial charge in [0.1, 0.15) is 5.76 Å². The first kappa shape index (κ1) is 16.2. The highest BCUT2D eigenvalue weighted by Gasteiger charge is 2.26. The fraction of sp³-hybridized carbons (Fsp3) is 0.389. The second kappa shape index (κ2) is 6.86. The predicted octanol–water partition coefficient (Wildman–Crippen LogP) is 2.14. The van der Waals surface area contributed by atoms with E-state index in [1.807, 2.05) is 24.3 Å². The quantitative estimate of drug-likeness (QED) is 0.866. The molecule has 1 aliphatic rings. The molecule has 3 rings (SSSR count). The molecule has 126 valence electrons. The van der Waals surface area contributed by atoms with Crippen LogP contribution in [-0.2, 0) is 6.42 Å². The molecule has 1 aromatic carbocycles. The molecule has 0 unspecified atom stereocenters. The number of hydrogen-bond donors (Lipinski definition) is 0. The van der Waals surface area contributed by atoms with Crippen LogP contribution in [0.25, 0.3) is 0 Å². The zero-order valence-electron chi connectivity index (χ0n) is 14.0. The Hall–Kier alpha value is -2.63. The fourth-order valence-corrected chi connectivity index (χ4v) is 2.81. The third-order valence-electron chi connectivity index (χ3n) is 4.31. The molecular weight excluding hydrogens is 306 g/mol. The van der Waals surface area contributed by atoms with Crippen LogP contribution in [0.4, 0.5) is 0 Å². The molecule has 6 nitrogen and oxygen atoms in total. The van der Waals surface area contributed by atoms with E-state index in [1.165, 1.54) is 5.56 Å². The summed E-state index contributed by atoms with van der Waals surface area (Å²) in [7, 11) is 0. The lowest BCUT2D eigenvalue weighted by Crippen LogP contribution is -2.50. The minimum Gasteiger partial charge on any atom is -0.361 e. The molecule has 1 saturated heterocycles. The van der Waals surface area contributed by atoms with E-state index in [2.05, 4.69) is 12.1 Å². The number of nitrogens with zero attached hydrogens (tertiary/aromatic N) is 3. The van der Waals surface area contributed by atoms with Crippen molar-refractivity contribution < 1.29 is 14.1 Å². The second-order valence-electron chi connectivity index (χ2n) is 5.96. The maximum Gasteiger partial charge on any atom is 0.276 e. The van der Waals surface area contributed by atoms with Gasteiger partial charge in [-0.3, -0.25) is 9.59 Å². The van der Waals surface area contributed by atoms with Crippen molar-refractivity contribution in [2.75, 3.05) is 26.2 Å². The molecule has 0 atom stereocenters. The van der Waals surface area contributed by atoms with Crippen LogP contribution in [0.2, 0.25) is 0 Å². The summed E-state index contributed by atoms with van der Waals surface area (Å²) in [6, 6.07) is 9.35. The van der Waals surface area contributed by atoms with Gasteiger partial charge in [-0.05, 0) is 31.0 Å². The van der Waals surface area contributed by atoms with E-state index in [9.17, 15) is 9.59 Å². The highest BCUT2D eigenvalue weighted by molar-refractivity contribution is 5.95. The van der Waals surface area contributed by atoms with Crippen LogP contribution in [0.5, 0.6) is 0 Å². The van der Waals surface area contributed by atoms with Gasteiger partial charge in [0.2, 0.25) is 0 Å². The standard InChI is InChI=1S/C18H21N3O3/c1-3-14-4-6-15(7-5-14)17(22)20-8-10-21(11-9-20)18(23)16-12-13(2)24-19-16/h4-7,12H,3,8-11H2,1-2H3. The average Bonchev–Trinajstić information content (AvgIpc) is 3.07. The van der Waals surface area contributed by atoms with Crippen LogP contribution >= 0.6 is 0 Å². The van der Waals surface area contributed by atoms with E-state index < -0.39 is 0 Å². The smallest absolute Gasteiger partial charge is 0.276 e. The second-order valence-corrected chi connectivity index (χ2v) is 5.96. The van der Waals surface area contributed by atoms with Crippen molar-refractivity contribution in [1.82, 2.24) is 15.0 Å². The highest BCUT2D eigenvalue weighted by atomic mass is 16.5. The zero-order chi connectivity index (χ0) is 17.1. The van der Waals surface area contributed by atoms with Crippen LogP contribution in [0.1, 0.15) is 39.1 Å². The number of aryl methyl sites for hydroxylation is 2. The molecular formula is C18H21N3O3. The first-order chi connectivity index (χ1) is 11.6. The number of carbonyl (C=O) groups excluding carboxylic acids is 2. The van der Waals surface area contributed by atoms with Gasteiger partial charge in [-0.15, -0.1) is 0 Å². The van der Waals surface area contributed by atoms with E-state index >= 15 is 0 Å². The Morgan fingerprint density at radius 2 is 1.62 bits per heavy atom. The van der Waals surface area contributed by atoms with Crippen molar-refractivity contribution in [2.45, 2.75) is 20.3 Å². The maximum atomic E-state index is 12.5. The molecule has 0 bridgehead atoms. The van der Waals surface area contributed by atoms with Gasteiger partial charge in [-0.1, -0.05) is 24.2 Å². The largest absolute Gasteiger partial charge is 0.361 e. The summed E-state index contributed by atoms with van der Waals surface area (Å²) in [5.74, 6) is 0.482. The van der Waals surface area contributed by atoms with Gasteiger partial charge in [0.05, 0.1) is 0 Å². The molecule has 1 fully saturated rings. The van der Waals surface area contributed by atoms with Gasteiger partial charge in [0, 0.05) is 37.8 Å². The van der Waals surface area contributed by atoms with Crippen LogP contribution in [0.3, 0.4) is 0 Å². The number of carbonyl (C=O) groups is 2. The predicted molar refractivity (Wildman–Crippen MR) is 88.9 cm³/mol. The molecule has 6 heteroatoms. The average molecular weight is 327 g/mol. The molecule has 0 aliphatic carbocycles. The maximum absolute atomic E-state index is 12.5. The van der Waals surface area contributed by atoms with Crippen molar-refractivity contribution in [2.24, 2.45) is 0 Å². The van der Waals surface area contributed by atoms with E-state index in [0.29, 0.717) is 43.2 Å². The van der Waals surface area contributed by atoms with Gasteiger partial charge >= 0.3 is 0 Å².